The molecule has 0 saturated heterocycles. The summed E-state index contributed by atoms with van der Waals surface area (Å²) >= 11 is 0. The maximum Gasteiger partial charge on any atom is 0.279 e. The highest BCUT2D eigenvalue weighted by Gasteiger charge is 2.23. The van der Waals surface area contributed by atoms with Gasteiger partial charge in [-0.25, -0.2) is 0 Å². The fourth-order valence-corrected chi connectivity index (χ4v) is 4.65. The van der Waals surface area contributed by atoms with Crippen LogP contribution < -0.4 is 5.56 Å². The van der Waals surface area contributed by atoms with Crippen molar-refractivity contribution in [3.05, 3.63) is 100.0 Å². The second-order valence-corrected chi connectivity index (χ2v) is 8.62. The van der Waals surface area contributed by atoms with Crippen LogP contribution >= 0.6 is 0 Å². The van der Waals surface area contributed by atoms with Crippen LogP contribution in [0.1, 0.15) is 28.8 Å². The third-order valence-corrected chi connectivity index (χ3v) is 6.54. The average molecular weight is 454 g/mol. The topological polar surface area (TPSA) is 72.5 Å². The molecule has 4 aromatic rings. The van der Waals surface area contributed by atoms with E-state index in [9.17, 15) is 9.59 Å². The van der Waals surface area contributed by atoms with Gasteiger partial charge in [0.2, 0.25) is 11.7 Å². The molecule has 5 rings (SSSR count). The number of aromatic nitrogens is 4. The van der Waals surface area contributed by atoms with Gasteiger partial charge in [-0.05, 0) is 30.9 Å². The summed E-state index contributed by atoms with van der Waals surface area (Å²) in [5.41, 5.74) is 4.50. The van der Waals surface area contributed by atoms with Gasteiger partial charge in [-0.15, -0.1) is 11.7 Å². The van der Waals surface area contributed by atoms with E-state index in [-0.39, 0.29) is 17.9 Å². The summed E-state index contributed by atoms with van der Waals surface area (Å²) in [7, 11) is 0. The normalized spacial score (nSPS) is 13.1. The van der Waals surface area contributed by atoms with Crippen molar-refractivity contribution in [3.8, 4) is 11.4 Å². The molecule has 34 heavy (non-hydrogen) atoms. The van der Waals surface area contributed by atoms with E-state index in [0.29, 0.717) is 43.2 Å². The molecule has 3 heterocycles. The number of rotatable bonds is 6. The van der Waals surface area contributed by atoms with Crippen LogP contribution in [0.4, 0.5) is 0 Å². The maximum atomic E-state index is 13.4. The molecule has 7 nitrogen and oxygen atoms in total. The molecular weight excluding hydrogens is 426 g/mol. The zero-order chi connectivity index (χ0) is 23.7. The number of benzene rings is 2. The summed E-state index contributed by atoms with van der Waals surface area (Å²) in [5, 5.41) is 4.51. The molecule has 1 aliphatic heterocycles. The van der Waals surface area contributed by atoms with Gasteiger partial charge in [0.25, 0.3) is 5.56 Å². The van der Waals surface area contributed by atoms with Gasteiger partial charge in [0.05, 0.1) is 0 Å². The Morgan fingerprint density at radius 3 is 2.59 bits per heavy atom. The van der Waals surface area contributed by atoms with E-state index < -0.39 is 0 Å². The molecule has 0 unspecified atom stereocenters. The van der Waals surface area contributed by atoms with Crippen LogP contribution in [0.3, 0.4) is 0 Å². The van der Waals surface area contributed by atoms with Gasteiger partial charge in [-0.3, -0.25) is 9.59 Å². The minimum atomic E-state index is -0.223. The number of hydrogen-bond donors (Lipinski definition) is 0. The Kier molecular flexibility index (Phi) is 5.84. The van der Waals surface area contributed by atoms with E-state index in [4.69, 9.17) is 0 Å². The summed E-state index contributed by atoms with van der Waals surface area (Å²) in [6, 6.07) is 17.8. The van der Waals surface area contributed by atoms with Crippen molar-refractivity contribution in [2.24, 2.45) is 0 Å². The van der Waals surface area contributed by atoms with Gasteiger partial charge in [-0.1, -0.05) is 60.7 Å². The summed E-state index contributed by atoms with van der Waals surface area (Å²) in [5.74, 6) is 1.03. The minimum absolute atomic E-state index is 0.0623. The molecule has 0 atom stereocenters. The first-order valence-corrected chi connectivity index (χ1v) is 11.6. The molecule has 2 aromatic heterocycles. The highest BCUT2D eigenvalue weighted by Crippen LogP contribution is 2.20. The number of nitrogens with zero attached hydrogens (tertiary/aromatic N) is 5. The monoisotopic (exact) mass is 453 g/mol. The zero-order valence-electron chi connectivity index (χ0n) is 19.3. The van der Waals surface area contributed by atoms with E-state index in [1.807, 2.05) is 58.9 Å². The number of amides is 1. The molecule has 0 saturated carbocycles. The zero-order valence-corrected chi connectivity index (χ0v) is 19.3. The molecule has 0 N–H and O–H groups in total. The maximum absolute atomic E-state index is 13.4. The van der Waals surface area contributed by atoms with Crippen LogP contribution in [0.25, 0.3) is 17.2 Å². The number of carbonyl (C=O) groups excluding carboxylic acids is 1. The molecule has 0 aliphatic carbocycles. The van der Waals surface area contributed by atoms with E-state index >= 15 is 0 Å². The van der Waals surface area contributed by atoms with Crippen molar-refractivity contribution in [2.75, 3.05) is 6.54 Å². The number of fused-ring (bicyclic) bond motifs is 2. The van der Waals surface area contributed by atoms with Crippen LogP contribution in [-0.2, 0) is 30.7 Å². The first kappa shape index (κ1) is 21.8. The van der Waals surface area contributed by atoms with Crippen LogP contribution in [0.15, 0.2) is 72.0 Å². The van der Waals surface area contributed by atoms with E-state index in [1.54, 1.807) is 6.08 Å². The SMILES string of the molecule is C=CCn1c(C)c(CCC(=O)N2CCc3ccccc3C2)c(=O)n2nc(-c3ccccc3)nc12. The van der Waals surface area contributed by atoms with E-state index in [0.717, 1.165) is 17.7 Å². The minimum Gasteiger partial charge on any atom is -0.338 e. The van der Waals surface area contributed by atoms with Gasteiger partial charge in [0.1, 0.15) is 0 Å². The quantitative estimate of drug-likeness (QED) is 0.419. The van der Waals surface area contributed by atoms with Crippen LogP contribution in [0.5, 0.6) is 0 Å². The Hall–Kier alpha value is -4.00. The standard InChI is InChI=1S/C27H27N5O2/c1-3-16-31-19(2)23(13-14-24(33)30-17-15-20-9-7-8-12-22(20)18-30)26(34)32-27(31)28-25(29-32)21-10-5-4-6-11-21/h3-12H,1,13-18H2,2H3. The van der Waals surface area contributed by atoms with Crippen molar-refractivity contribution in [2.45, 2.75) is 39.3 Å². The van der Waals surface area contributed by atoms with Gasteiger partial charge in [0, 0.05) is 42.9 Å². The first-order valence-electron chi connectivity index (χ1n) is 11.6. The number of carbonyl (C=O) groups is 1. The summed E-state index contributed by atoms with van der Waals surface area (Å²) in [6.45, 7) is 7.58. The smallest absolute Gasteiger partial charge is 0.279 e. The molecule has 0 fully saturated rings. The van der Waals surface area contributed by atoms with Crippen molar-refractivity contribution >= 4 is 11.7 Å². The molecule has 2 aromatic carbocycles. The van der Waals surface area contributed by atoms with Crippen molar-refractivity contribution in [1.29, 1.82) is 0 Å². The predicted octanol–water partition coefficient (Wildman–Crippen LogP) is 3.57. The van der Waals surface area contributed by atoms with Crippen molar-refractivity contribution < 1.29 is 4.79 Å². The summed E-state index contributed by atoms with van der Waals surface area (Å²) in [4.78, 5) is 33.0. The van der Waals surface area contributed by atoms with Crippen LogP contribution in [0, 0.1) is 6.92 Å². The molecule has 7 heteroatoms. The molecule has 1 amide bonds. The lowest BCUT2D eigenvalue weighted by atomic mass is 9.99. The molecule has 0 bridgehead atoms. The highest BCUT2D eigenvalue weighted by molar-refractivity contribution is 5.77. The Balaban J connectivity index is 1.44. The van der Waals surface area contributed by atoms with Gasteiger partial charge in [-0.2, -0.15) is 9.50 Å². The fraction of sp³-hybridized carbons (Fsp3) is 0.259. The van der Waals surface area contributed by atoms with Crippen molar-refractivity contribution in [3.63, 3.8) is 0 Å². The molecule has 172 valence electrons. The Morgan fingerprint density at radius 1 is 1.09 bits per heavy atom. The second kappa shape index (κ2) is 9.09. The third kappa shape index (κ3) is 3.94. The van der Waals surface area contributed by atoms with Crippen LogP contribution in [-0.4, -0.2) is 36.5 Å². The lowest BCUT2D eigenvalue weighted by molar-refractivity contribution is -0.132. The lowest BCUT2D eigenvalue weighted by Crippen LogP contribution is -2.36. The third-order valence-electron chi connectivity index (χ3n) is 6.54. The first-order chi connectivity index (χ1) is 16.6. The Morgan fingerprint density at radius 2 is 1.82 bits per heavy atom. The molecule has 0 radical (unpaired) electrons. The fourth-order valence-electron chi connectivity index (χ4n) is 4.65. The number of allylic oxidation sites excluding steroid dienone is 1. The second-order valence-electron chi connectivity index (χ2n) is 8.62. The number of hydrogen-bond acceptors (Lipinski definition) is 4. The van der Waals surface area contributed by atoms with Gasteiger partial charge >= 0.3 is 0 Å². The Labute approximate surface area is 198 Å². The van der Waals surface area contributed by atoms with Crippen molar-refractivity contribution in [1.82, 2.24) is 24.1 Å². The average Bonchev–Trinajstić information content (AvgIpc) is 3.32. The van der Waals surface area contributed by atoms with Gasteiger partial charge in [0.15, 0.2) is 5.82 Å². The van der Waals surface area contributed by atoms with Crippen LogP contribution in [0.2, 0.25) is 0 Å². The Bertz CT molecular complexity index is 1430. The van der Waals surface area contributed by atoms with E-state index in [1.165, 1.54) is 15.6 Å². The lowest BCUT2D eigenvalue weighted by Gasteiger charge is -2.29. The summed E-state index contributed by atoms with van der Waals surface area (Å²) < 4.78 is 3.29. The van der Waals surface area contributed by atoms with Gasteiger partial charge < -0.3 is 9.47 Å². The predicted molar refractivity (Wildman–Crippen MR) is 132 cm³/mol. The molecule has 0 spiro atoms. The molecular formula is C27H27N5O2. The highest BCUT2D eigenvalue weighted by atomic mass is 16.2. The molecule has 1 aliphatic rings. The largest absolute Gasteiger partial charge is 0.338 e. The van der Waals surface area contributed by atoms with E-state index in [2.05, 4.69) is 28.8 Å². The summed E-state index contributed by atoms with van der Waals surface area (Å²) in [6.07, 6.45) is 3.27.